The molecule has 1 saturated carbocycles. The molecule has 1 fully saturated rings. The van der Waals surface area contributed by atoms with Gasteiger partial charge in [-0.1, -0.05) is 38.3 Å². The summed E-state index contributed by atoms with van der Waals surface area (Å²) in [4.78, 5) is 22.4. The fourth-order valence-corrected chi connectivity index (χ4v) is 3.02. The number of carbonyl (C=O) groups excluding carboxylic acids is 1. The summed E-state index contributed by atoms with van der Waals surface area (Å²) in [5, 5.41) is 18.3. The number of carbonyl (C=O) groups is 2. The molecule has 1 aliphatic carbocycles. The lowest BCUT2D eigenvalue weighted by atomic mass is 9.89. The molecule has 0 saturated heterocycles. The van der Waals surface area contributed by atoms with Gasteiger partial charge in [0.1, 0.15) is 5.78 Å². The summed E-state index contributed by atoms with van der Waals surface area (Å²) in [5.41, 5.74) is 0. The second kappa shape index (κ2) is 9.72. The molecule has 0 bridgehead atoms. The minimum atomic E-state index is -0.752. The summed E-state index contributed by atoms with van der Waals surface area (Å²) in [7, 11) is 0. The molecule has 0 aromatic carbocycles. The minimum absolute atomic E-state index is 0.0694. The first-order chi connectivity index (χ1) is 10.0. The van der Waals surface area contributed by atoms with Gasteiger partial charge in [-0.2, -0.15) is 0 Å². The quantitative estimate of drug-likeness (QED) is 0.479. The van der Waals surface area contributed by atoms with Crippen LogP contribution < -0.4 is 0 Å². The second-order valence-corrected chi connectivity index (χ2v) is 6.01. The van der Waals surface area contributed by atoms with Crippen LogP contribution in [0.4, 0.5) is 0 Å². The minimum Gasteiger partial charge on any atom is -0.481 e. The molecule has 21 heavy (non-hydrogen) atoms. The third-order valence-corrected chi connectivity index (χ3v) is 4.23. The van der Waals surface area contributed by atoms with Gasteiger partial charge in [0.2, 0.25) is 0 Å². The molecule has 0 aliphatic heterocycles. The number of carboxylic acids is 1. The van der Waals surface area contributed by atoms with E-state index in [9.17, 15) is 14.7 Å². The van der Waals surface area contributed by atoms with Crippen LogP contribution in [-0.2, 0) is 9.59 Å². The zero-order valence-electron chi connectivity index (χ0n) is 13.0. The number of ketones is 1. The average Bonchev–Trinajstić information content (AvgIpc) is 2.77. The fraction of sp³-hybridized carbons (Fsp3) is 0.765. The molecule has 0 radical (unpaired) electrons. The van der Waals surface area contributed by atoms with Crippen LogP contribution in [0.1, 0.15) is 64.7 Å². The molecule has 0 aromatic rings. The first-order valence-corrected chi connectivity index (χ1v) is 8.15. The Hall–Kier alpha value is -1.16. The number of unbranched alkanes of at least 4 members (excludes halogenated alkanes) is 2. The third kappa shape index (κ3) is 6.89. The summed E-state index contributed by atoms with van der Waals surface area (Å²) in [6, 6.07) is 0. The Morgan fingerprint density at radius 2 is 2.14 bits per heavy atom. The van der Waals surface area contributed by atoms with E-state index in [-0.39, 0.29) is 18.3 Å². The van der Waals surface area contributed by atoms with Crippen LogP contribution in [0.3, 0.4) is 0 Å². The normalized spacial score (nSPS) is 23.8. The number of Topliss-reactive ketones (excluding diaryl/α,β-unsaturated/α-hetero) is 1. The van der Waals surface area contributed by atoms with E-state index in [4.69, 9.17) is 5.11 Å². The Labute approximate surface area is 127 Å². The Morgan fingerprint density at radius 1 is 1.38 bits per heavy atom. The monoisotopic (exact) mass is 296 g/mol. The summed E-state index contributed by atoms with van der Waals surface area (Å²) in [6.07, 6.45) is 10.2. The van der Waals surface area contributed by atoms with Crippen molar-refractivity contribution in [2.45, 2.75) is 70.8 Å². The van der Waals surface area contributed by atoms with Crippen molar-refractivity contribution in [2.24, 2.45) is 11.8 Å². The van der Waals surface area contributed by atoms with Crippen LogP contribution in [0.15, 0.2) is 12.2 Å². The maximum absolute atomic E-state index is 11.9. The third-order valence-electron chi connectivity index (χ3n) is 4.23. The van der Waals surface area contributed by atoms with Gasteiger partial charge in [0.15, 0.2) is 0 Å². The number of hydrogen-bond acceptors (Lipinski definition) is 3. The summed E-state index contributed by atoms with van der Waals surface area (Å²) >= 11 is 0. The molecule has 0 aromatic heterocycles. The van der Waals surface area contributed by atoms with E-state index < -0.39 is 12.1 Å². The van der Waals surface area contributed by atoms with Crippen LogP contribution >= 0.6 is 0 Å². The van der Waals surface area contributed by atoms with Gasteiger partial charge in [0.05, 0.1) is 6.10 Å². The van der Waals surface area contributed by atoms with Crippen LogP contribution in [0.5, 0.6) is 0 Å². The topological polar surface area (TPSA) is 74.6 Å². The summed E-state index contributed by atoms with van der Waals surface area (Å²) in [5.74, 6) is -0.103. The zero-order valence-corrected chi connectivity index (χ0v) is 13.0. The van der Waals surface area contributed by atoms with Crippen LogP contribution in [0.25, 0.3) is 0 Å². The van der Waals surface area contributed by atoms with E-state index in [0.717, 1.165) is 38.5 Å². The Morgan fingerprint density at radius 3 is 2.81 bits per heavy atom. The molecule has 2 N–H and O–H groups in total. The van der Waals surface area contributed by atoms with E-state index in [1.807, 2.05) is 19.1 Å². The highest BCUT2D eigenvalue weighted by molar-refractivity contribution is 5.83. The van der Waals surface area contributed by atoms with E-state index in [2.05, 4.69) is 0 Å². The van der Waals surface area contributed by atoms with Gasteiger partial charge in [-0.15, -0.1) is 0 Å². The van der Waals surface area contributed by atoms with Gasteiger partial charge in [0.25, 0.3) is 0 Å². The Kier molecular flexibility index (Phi) is 8.28. The summed E-state index contributed by atoms with van der Waals surface area (Å²) < 4.78 is 0. The number of carboxylic acid groups (broad SMARTS) is 1. The molecule has 4 nitrogen and oxygen atoms in total. The van der Waals surface area contributed by atoms with Gasteiger partial charge in [-0.05, 0) is 31.6 Å². The van der Waals surface area contributed by atoms with Gasteiger partial charge in [-0.3, -0.25) is 9.59 Å². The SMILES string of the molecule is CCCC(O)C=CC1CCC(=O)C1CCCCCC(=O)O. The number of hydrogen-bond donors (Lipinski definition) is 2. The molecule has 1 rings (SSSR count). The lowest BCUT2D eigenvalue weighted by Crippen LogP contribution is -2.14. The van der Waals surface area contributed by atoms with Crippen molar-refractivity contribution in [3.63, 3.8) is 0 Å². The van der Waals surface area contributed by atoms with Gasteiger partial charge < -0.3 is 10.2 Å². The molecule has 0 amide bonds. The molecule has 1 aliphatic rings. The number of aliphatic hydroxyl groups excluding tert-OH is 1. The molecule has 0 heterocycles. The number of aliphatic hydroxyl groups is 1. The number of rotatable bonds is 10. The van der Waals surface area contributed by atoms with E-state index in [1.165, 1.54) is 0 Å². The predicted octanol–water partition coefficient (Wildman–Crippen LogP) is 3.33. The van der Waals surface area contributed by atoms with Crippen molar-refractivity contribution in [3.05, 3.63) is 12.2 Å². The van der Waals surface area contributed by atoms with Crippen molar-refractivity contribution in [1.82, 2.24) is 0 Å². The highest BCUT2D eigenvalue weighted by Gasteiger charge is 2.32. The van der Waals surface area contributed by atoms with E-state index in [0.29, 0.717) is 18.6 Å². The Balaban J connectivity index is 2.35. The highest BCUT2D eigenvalue weighted by Crippen LogP contribution is 2.33. The highest BCUT2D eigenvalue weighted by atomic mass is 16.4. The van der Waals surface area contributed by atoms with E-state index in [1.54, 1.807) is 0 Å². The maximum Gasteiger partial charge on any atom is 0.303 e. The lowest BCUT2D eigenvalue weighted by molar-refractivity contribution is -0.137. The van der Waals surface area contributed by atoms with Gasteiger partial charge in [-0.25, -0.2) is 0 Å². The molecular formula is C17H28O4. The largest absolute Gasteiger partial charge is 0.481 e. The smallest absolute Gasteiger partial charge is 0.303 e. The van der Waals surface area contributed by atoms with Crippen molar-refractivity contribution in [1.29, 1.82) is 0 Å². The number of aliphatic carboxylic acids is 1. The van der Waals surface area contributed by atoms with Crippen LogP contribution in [0.2, 0.25) is 0 Å². The zero-order chi connectivity index (χ0) is 15.7. The summed E-state index contributed by atoms with van der Waals surface area (Å²) in [6.45, 7) is 2.04. The van der Waals surface area contributed by atoms with E-state index >= 15 is 0 Å². The first-order valence-electron chi connectivity index (χ1n) is 8.15. The molecular weight excluding hydrogens is 268 g/mol. The molecule has 4 heteroatoms. The second-order valence-electron chi connectivity index (χ2n) is 6.01. The molecule has 0 spiro atoms. The van der Waals surface area contributed by atoms with Crippen LogP contribution in [-0.4, -0.2) is 28.1 Å². The fourth-order valence-electron chi connectivity index (χ4n) is 3.02. The first kappa shape index (κ1) is 17.9. The Bertz CT molecular complexity index is 362. The maximum atomic E-state index is 11.9. The standard InChI is InChI=1S/C17H28O4/c1-2-6-14(18)11-9-13-10-12-16(19)15(13)7-4-3-5-8-17(20)21/h9,11,13-15,18H,2-8,10,12H2,1H3,(H,20,21). The van der Waals surface area contributed by atoms with Crippen molar-refractivity contribution >= 4 is 11.8 Å². The number of allylic oxidation sites excluding steroid dienone is 1. The van der Waals surface area contributed by atoms with Crippen molar-refractivity contribution < 1.29 is 19.8 Å². The average molecular weight is 296 g/mol. The predicted molar refractivity (Wildman–Crippen MR) is 82.0 cm³/mol. The van der Waals surface area contributed by atoms with Crippen molar-refractivity contribution in [2.75, 3.05) is 0 Å². The van der Waals surface area contributed by atoms with Gasteiger partial charge >= 0.3 is 5.97 Å². The lowest BCUT2D eigenvalue weighted by Gasteiger charge is -2.15. The van der Waals surface area contributed by atoms with Crippen LogP contribution in [0, 0.1) is 11.8 Å². The van der Waals surface area contributed by atoms with Gasteiger partial charge in [0, 0.05) is 18.8 Å². The molecule has 3 atom stereocenters. The van der Waals surface area contributed by atoms with Crippen molar-refractivity contribution in [3.8, 4) is 0 Å². The molecule has 120 valence electrons. The molecule has 3 unspecified atom stereocenters.